The van der Waals surface area contributed by atoms with Crippen LogP contribution in [0.2, 0.25) is 0 Å². The van der Waals surface area contributed by atoms with Crippen LogP contribution in [0.25, 0.3) is 0 Å². The molecular formula is C7H14NO5P. The van der Waals surface area contributed by atoms with Gasteiger partial charge in [0.15, 0.2) is 0 Å². The smallest absolute Gasteiger partial charge is 0.409 e. The van der Waals surface area contributed by atoms with E-state index in [-0.39, 0.29) is 11.7 Å². The van der Waals surface area contributed by atoms with Gasteiger partial charge >= 0.3 is 7.82 Å². The third kappa shape index (κ3) is 5.01. The van der Waals surface area contributed by atoms with E-state index in [0.717, 1.165) is 13.2 Å². The lowest BCUT2D eigenvalue weighted by atomic mass is 10.4. The predicted molar refractivity (Wildman–Crippen MR) is 50.4 cm³/mol. The maximum Gasteiger partial charge on any atom is 0.526 e. The third-order valence-corrected chi connectivity index (χ3v) is 2.24. The first-order valence-corrected chi connectivity index (χ1v) is 5.26. The molecule has 6 nitrogen and oxygen atoms in total. The topological polar surface area (TPSA) is 76.1 Å². The van der Waals surface area contributed by atoms with Crippen molar-refractivity contribution in [3.63, 3.8) is 0 Å². The molecule has 0 aromatic rings. The molecule has 0 aliphatic heterocycles. The van der Waals surface area contributed by atoms with E-state index in [2.05, 4.69) is 9.05 Å². The van der Waals surface area contributed by atoms with Gasteiger partial charge in [0.05, 0.1) is 0 Å². The number of carbonyl (C=O) groups excluding carboxylic acids is 1. The molecule has 0 bridgehead atoms. The van der Waals surface area contributed by atoms with Gasteiger partial charge in [0, 0.05) is 27.3 Å². The Hall–Kier alpha value is -0.840. The highest BCUT2D eigenvalue weighted by Crippen LogP contribution is 2.44. The molecule has 14 heavy (non-hydrogen) atoms. The fraction of sp³-hybridized carbons (Fsp3) is 0.571. The average Bonchev–Trinajstić information content (AvgIpc) is 2.02. The van der Waals surface area contributed by atoms with Gasteiger partial charge < -0.3 is 9.42 Å². The molecule has 0 aliphatic rings. The van der Waals surface area contributed by atoms with Gasteiger partial charge in [-0.3, -0.25) is 14.2 Å². The minimum absolute atomic E-state index is 0.0244. The first-order valence-electron chi connectivity index (χ1n) is 3.76. The molecule has 0 radical (unpaired) electrons. The number of allylic oxidation sites excluding steroid dienone is 1. The van der Waals surface area contributed by atoms with E-state index in [0.29, 0.717) is 0 Å². The summed E-state index contributed by atoms with van der Waals surface area (Å²) in [4.78, 5) is 21.3. The van der Waals surface area contributed by atoms with Gasteiger partial charge in [0.2, 0.25) is 5.91 Å². The Labute approximate surface area is 82.7 Å². The van der Waals surface area contributed by atoms with E-state index in [4.69, 9.17) is 4.89 Å². The summed E-state index contributed by atoms with van der Waals surface area (Å²) in [6.07, 6.45) is 1.10. The van der Waals surface area contributed by atoms with E-state index in [9.17, 15) is 9.36 Å². The molecule has 0 saturated heterocycles. The van der Waals surface area contributed by atoms with E-state index >= 15 is 0 Å². The van der Waals surface area contributed by atoms with Crippen molar-refractivity contribution in [3.05, 3.63) is 11.8 Å². The standard InChI is InChI=1S/C7H14NO5P/c1-6(5-7(9)8(2)3)13-14(10,11)12-4/h5H,1-4H3,(H,10,11). The van der Waals surface area contributed by atoms with Crippen LogP contribution >= 0.6 is 7.82 Å². The summed E-state index contributed by atoms with van der Waals surface area (Å²) < 4.78 is 19.6. The lowest BCUT2D eigenvalue weighted by molar-refractivity contribution is -0.123. The molecule has 0 aliphatic carbocycles. The minimum atomic E-state index is -4.06. The summed E-state index contributed by atoms with van der Waals surface area (Å²) in [5.74, 6) is -0.310. The van der Waals surface area contributed by atoms with Gasteiger partial charge in [-0.05, 0) is 6.92 Å². The predicted octanol–water partition coefficient (Wildman–Crippen LogP) is 0.742. The van der Waals surface area contributed by atoms with E-state index in [1.807, 2.05) is 0 Å². The first-order chi connectivity index (χ1) is 6.28. The Bertz CT molecular complexity index is 286. The van der Waals surface area contributed by atoms with Crippen LogP contribution in [0.15, 0.2) is 11.8 Å². The van der Waals surface area contributed by atoms with Crippen molar-refractivity contribution in [2.24, 2.45) is 0 Å². The lowest BCUT2D eigenvalue weighted by Crippen LogP contribution is -2.19. The number of phosphoric acid groups is 1. The Morgan fingerprint density at radius 3 is 2.36 bits per heavy atom. The molecule has 0 heterocycles. The minimum Gasteiger partial charge on any atom is -0.409 e. The molecular weight excluding hydrogens is 209 g/mol. The van der Waals surface area contributed by atoms with Crippen LogP contribution in [0.5, 0.6) is 0 Å². The number of phosphoric ester groups is 1. The van der Waals surface area contributed by atoms with Crippen molar-refractivity contribution in [1.82, 2.24) is 4.90 Å². The number of nitrogens with zero attached hydrogens (tertiary/aromatic N) is 1. The normalized spacial score (nSPS) is 15.9. The molecule has 1 N–H and O–H groups in total. The Balaban J connectivity index is 4.42. The third-order valence-electron chi connectivity index (χ3n) is 1.26. The Morgan fingerprint density at radius 1 is 1.50 bits per heavy atom. The summed E-state index contributed by atoms with van der Waals surface area (Å²) >= 11 is 0. The maximum absolute atomic E-state index is 11.1. The fourth-order valence-corrected chi connectivity index (χ4v) is 1.04. The van der Waals surface area contributed by atoms with E-state index in [1.54, 1.807) is 14.1 Å². The van der Waals surface area contributed by atoms with Gasteiger partial charge in [-0.25, -0.2) is 4.57 Å². The number of likely N-dealkylation sites (N-methyl/N-ethyl adjacent to an activating group) is 1. The number of amides is 1. The van der Waals surface area contributed by atoms with Crippen molar-refractivity contribution < 1.29 is 23.3 Å². The zero-order valence-electron chi connectivity index (χ0n) is 8.55. The van der Waals surface area contributed by atoms with Gasteiger partial charge in [0.1, 0.15) is 5.76 Å². The Kier molecular flexibility index (Phi) is 4.83. The maximum atomic E-state index is 11.1. The van der Waals surface area contributed by atoms with Crippen LogP contribution < -0.4 is 0 Å². The highest BCUT2D eigenvalue weighted by Gasteiger charge is 2.20. The first kappa shape index (κ1) is 13.2. The van der Waals surface area contributed by atoms with Crippen molar-refractivity contribution in [3.8, 4) is 0 Å². The van der Waals surface area contributed by atoms with Gasteiger partial charge in [-0.15, -0.1) is 0 Å². The molecule has 0 aromatic carbocycles. The van der Waals surface area contributed by atoms with Gasteiger partial charge in [-0.1, -0.05) is 0 Å². The SMILES string of the molecule is COP(=O)(O)OC(C)=CC(=O)N(C)C. The van der Waals surface area contributed by atoms with Crippen LogP contribution in [0, 0.1) is 0 Å². The zero-order valence-corrected chi connectivity index (χ0v) is 9.45. The summed E-state index contributed by atoms with van der Waals surface area (Å²) in [6.45, 7) is 1.39. The highest BCUT2D eigenvalue weighted by atomic mass is 31.2. The molecule has 0 spiro atoms. The second-order valence-corrected chi connectivity index (χ2v) is 4.21. The van der Waals surface area contributed by atoms with Gasteiger partial charge in [0.25, 0.3) is 0 Å². The molecule has 1 unspecified atom stereocenters. The second-order valence-electron chi connectivity index (χ2n) is 2.73. The van der Waals surface area contributed by atoms with Crippen molar-refractivity contribution >= 4 is 13.7 Å². The molecule has 0 rings (SSSR count). The molecule has 0 fully saturated rings. The molecule has 82 valence electrons. The van der Waals surface area contributed by atoms with E-state index in [1.165, 1.54) is 11.8 Å². The summed E-state index contributed by atoms with van der Waals surface area (Å²) in [5.41, 5.74) is 0. The monoisotopic (exact) mass is 223 g/mol. The summed E-state index contributed by atoms with van der Waals surface area (Å²) in [7, 11) is 0.101. The number of hydrogen-bond donors (Lipinski definition) is 1. The summed E-state index contributed by atoms with van der Waals surface area (Å²) in [5, 5.41) is 0. The average molecular weight is 223 g/mol. The second kappa shape index (κ2) is 5.14. The van der Waals surface area contributed by atoms with Crippen molar-refractivity contribution in [2.45, 2.75) is 6.92 Å². The quantitative estimate of drug-likeness (QED) is 0.432. The van der Waals surface area contributed by atoms with Gasteiger partial charge in [-0.2, -0.15) is 0 Å². The molecule has 1 atom stereocenters. The lowest BCUT2D eigenvalue weighted by Gasteiger charge is -2.11. The van der Waals surface area contributed by atoms with E-state index < -0.39 is 7.82 Å². The number of carbonyl (C=O) groups is 1. The fourth-order valence-electron chi connectivity index (χ4n) is 0.549. The molecule has 0 aromatic heterocycles. The van der Waals surface area contributed by atoms with Crippen LogP contribution in [0.3, 0.4) is 0 Å². The summed E-state index contributed by atoms with van der Waals surface area (Å²) in [6, 6.07) is 0. The number of hydrogen-bond acceptors (Lipinski definition) is 4. The molecule has 1 amide bonds. The Morgan fingerprint density at radius 2 is 2.00 bits per heavy atom. The van der Waals surface area contributed by atoms with Crippen LogP contribution in [0.4, 0.5) is 0 Å². The van der Waals surface area contributed by atoms with Crippen molar-refractivity contribution in [1.29, 1.82) is 0 Å². The van der Waals surface area contributed by atoms with Crippen molar-refractivity contribution in [2.75, 3.05) is 21.2 Å². The van der Waals surface area contributed by atoms with Crippen LogP contribution in [-0.2, 0) is 18.4 Å². The molecule has 7 heteroatoms. The van der Waals surface area contributed by atoms with Crippen LogP contribution in [0.1, 0.15) is 6.92 Å². The van der Waals surface area contributed by atoms with Crippen LogP contribution in [-0.4, -0.2) is 36.9 Å². The zero-order chi connectivity index (χ0) is 11.4. The molecule has 0 saturated carbocycles. The highest BCUT2D eigenvalue weighted by molar-refractivity contribution is 7.47. The largest absolute Gasteiger partial charge is 0.526 e. The number of rotatable bonds is 4.